The van der Waals surface area contributed by atoms with Gasteiger partial charge in [0.15, 0.2) is 0 Å². The standard InChI is InChI=1S/C15H17NOS/c1-11-6-8-12(9-7-11)10-17-13-4-3-5-14(18-2)15(13)16/h3-9H,10,16H2,1-2H3. The molecule has 3 heteroatoms. The van der Waals surface area contributed by atoms with Crippen LogP contribution in [0.2, 0.25) is 0 Å². The van der Waals surface area contributed by atoms with Gasteiger partial charge in [0.2, 0.25) is 0 Å². The third kappa shape index (κ3) is 2.99. The maximum atomic E-state index is 6.04. The van der Waals surface area contributed by atoms with E-state index in [2.05, 4.69) is 31.2 Å². The van der Waals surface area contributed by atoms with Crippen LogP contribution in [0, 0.1) is 6.92 Å². The zero-order valence-corrected chi connectivity index (χ0v) is 11.5. The fourth-order valence-corrected chi connectivity index (χ4v) is 2.21. The number of para-hydroxylation sites is 1. The molecule has 0 radical (unpaired) electrons. The zero-order valence-electron chi connectivity index (χ0n) is 10.6. The molecule has 0 aliphatic rings. The summed E-state index contributed by atoms with van der Waals surface area (Å²) in [7, 11) is 0. The Balaban J connectivity index is 2.08. The first-order valence-corrected chi connectivity index (χ1v) is 7.04. The molecule has 94 valence electrons. The number of hydrogen-bond donors (Lipinski definition) is 1. The molecule has 2 aromatic rings. The van der Waals surface area contributed by atoms with E-state index in [-0.39, 0.29) is 0 Å². The number of thioether (sulfide) groups is 1. The van der Waals surface area contributed by atoms with Crippen LogP contribution in [0.5, 0.6) is 5.75 Å². The van der Waals surface area contributed by atoms with Crippen molar-refractivity contribution >= 4 is 17.4 Å². The predicted molar refractivity (Wildman–Crippen MR) is 78.1 cm³/mol. The Bertz CT molecular complexity index is 523. The van der Waals surface area contributed by atoms with E-state index in [1.807, 2.05) is 24.5 Å². The number of nitrogens with two attached hydrogens (primary N) is 1. The number of benzene rings is 2. The van der Waals surface area contributed by atoms with Gasteiger partial charge in [-0.05, 0) is 30.9 Å². The number of nitrogen functional groups attached to an aromatic ring is 1. The van der Waals surface area contributed by atoms with Crippen molar-refractivity contribution in [3.05, 3.63) is 53.6 Å². The van der Waals surface area contributed by atoms with Crippen LogP contribution < -0.4 is 10.5 Å². The largest absolute Gasteiger partial charge is 0.487 e. The maximum Gasteiger partial charge on any atom is 0.143 e. The Morgan fingerprint density at radius 3 is 2.50 bits per heavy atom. The molecule has 0 heterocycles. The molecule has 0 saturated carbocycles. The minimum absolute atomic E-state index is 0.544. The quantitative estimate of drug-likeness (QED) is 0.668. The second-order valence-electron chi connectivity index (χ2n) is 4.15. The Labute approximate surface area is 112 Å². The summed E-state index contributed by atoms with van der Waals surface area (Å²) in [6.45, 7) is 2.62. The summed E-state index contributed by atoms with van der Waals surface area (Å²) in [4.78, 5) is 1.05. The van der Waals surface area contributed by atoms with E-state index in [4.69, 9.17) is 10.5 Å². The Morgan fingerprint density at radius 1 is 1.11 bits per heavy atom. The van der Waals surface area contributed by atoms with E-state index in [1.54, 1.807) is 11.8 Å². The van der Waals surface area contributed by atoms with Crippen molar-refractivity contribution in [1.29, 1.82) is 0 Å². The van der Waals surface area contributed by atoms with E-state index >= 15 is 0 Å². The number of anilines is 1. The molecule has 0 unspecified atom stereocenters. The van der Waals surface area contributed by atoms with E-state index in [1.165, 1.54) is 5.56 Å². The third-order valence-corrected chi connectivity index (χ3v) is 3.56. The van der Waals surface area contributed by atoms with Crippen LogP contribution >= 0.6 is 11.8 Å². The van der Waals surface area contributed by atoms with Gasteiger partial charge in [-0.3, -0.25) is 0 Å². The summed E-state index contributed by atoms with van der Waals surface area (Å²) in [6.07, 6.45) is 2.01. The topological polar surface area (TPSA) is 35.2 Å². The average molecular weight is 259 g/mol. The maximum absolute atomic E-state index is 6.04. The van der Waals surface area contributed by atoms with Crippen LogP contribution in [-0.4, -0.2) is 6.26 Å². The lowest BCUT2D eigenvalue weighted by atomic mass is 10.2. The van der Waals surface area contributed by atoms with E-state index < -0.39 is 0 Å². The summed E-state index contributed by atoms with van der Waals surface area (Å²) in [5, 5.41) is 0. The number of aryl methyl sites for hydroxylation is 1. The van der Waals surface area contributed by atoms with Crippen LogP contribution in [0.25, 0.3) is 0 Å². The summed E-state index contributed by atoms with van der Waals surface area (Å²) < 4.78 is 5.77. The van der Waals surface area contributed by atoms with E-state index in [0.717, 1.165) is 21.9 Å². The zero-order chi connectivity index (χ0) is 13.0. The first-order valence-electron chi connectivity index (χ1n) is 5.81. The van der Waals surface area contributed by atoms with Gasteiger partial charge in [0.05, 0.1) is 5.69 Å². The van der Waals surface area contributed by atoms with Crippen molar-refractivity contribution in [2.45, 2.75) is 18.4 Å². The molecule has 0 aliphatic heterocycles. The molecule has 0 spiro atoms. The molecule has 0 amide bonds. The van der Waals surface area contributed by atoms with E-state index in [0.29, 0.717) is 6.61 Å². The molecule has 0 aliphatic carbocycles. The molecule has 2 rings (SSSR count). The molecule has 0 fully saturated rings. The SMILES string of the molecule is CSc1cccc(OCc2ccc(C)cc2)c1N. The van der Waals surface area contributed by atoms with Crippen LogP contribution in [0.4, 0.5) is 5.69 Å². The van der Waals surface area contributed by atoms with Gasteiger partial charge in [-0.2, -0.15) is 0 Å². The minimum atomic E-state index is 0.544. The summed E-state index contributed by atoms with van der Waals surface area (Å²) >= 11 is 1.63. The monoisotopic (exact) mass is 259 g/mol. The second-order valence-corrected chi connectivity index (χ2v) is 4.99. The highest BCUT2D eigenvalue weighted by molar-refractivity contribution is 7.98. The van der Waals surface area contributed by atoms with Gasteiger partial charge in [0.1, 0.15) is 12.4 Å². The molecule has 0 bridgehead atoms. The number of rotatable bonds is 4. The first kappa shape index (κ1) is 12.8. The lowest BCUT2D eigenvalue weighted by Gasteiger charge is -2.11. The molecule has 18 heavy (non-hydrogen) atoms. The van der Waals surface area contributed by atoms with Crippen LogP contribution in [-0.2, 0) is 6.61 Å². The van der Waals surface area contributed by atoms with Crippen molar-refractivity contribution in [2.24, 2.45) is 0 Å². The molecular weight excluding hydrogens is 242 g/mol. The van der Waals surface area contributed by atoms with Crippen molar-refractivity contribution < 1.29 is 4.74 Å². The highest BCUT2D eigenvalue weighted by atomic mass is 32.2. The molecule has 0 saturated heterocycles. The Hall–Kier alpha value is -1.61. The molecule has 0 atom stereocenters. The molecule has 2 aromatic carbocycles. The van der Waals surface area contributed by atoms with Gasteiger partial charge in [0.25, 0.3) is 0 Å². The number of ether oxygens (including phenoxy) is 1. The highest BCUT2D eigenvalue weighted by Crippen LogP contribution is 2.31. The van der Waals surface area contributed by atoms with Crippen LogP contribution in [0.15, 0.2) is 47.4 Å². The fourth-order valence-electron chi connectivity index (χ4n) is 1.67. The van der Waals surface area contributed by atoms with Gasteiger partial charge in [-0.1, -0.05) is 35.9 Å². The lowest BCUT2D eigenvalue weighted by Crippen LogP contribution is -1.99. The summed E-state index contributed by atoms with van der Waals surface area (Å²) in [6, 6.07) is 14.2. The van der Waals surface area contributed by atoms with Gasteiger partial charge in [0, 0.05) is 4.90 Å². The summed E-state index contributed by atoms with van der Waals surface area (Å²) in [5.74, 6) is 0.752. The smallest absolute Gasteiger partial charge is 0.143 e. The molecule has 0 aromatic heterocycles. The van der Waals surface area contributed by atoms with Crippen molar-refractivity contribution in [2.75, 3.05) is 12.0 Å². The van der Waals surface area contributed by atoms with Gasteiger partial charge < -0.3 is 10.5 Å². The minimum Gasteiger partial charge on any atom is -0.487 e. The Kier molecular flexibility index (Phi) is 4.15. The summed E-state index contributed by atoms with van der Waals surface area (Å²) in [5.41, 5.74) is 9.16. The van der Waals surface area contributed by atoms with Gasteiger partial charge >= 0.3 is 0 Å². The third-order valence-electron chi connectivity index (χ3n) is 2.76. The number of hydrogen-bond acceptors (Lipinski definition) is 3. The average Bonchev–Trinajstić information content (AvgIpc) is 2.39. The molecule has 2 N–H and O–H groups in total. The lowest BCUT2D eigenvalue weighted by molar-refractivity contribution is 0.307. The van der Waals surface area contributed by atoms with Gasteiger partial charge in [-0.25, -0.2) is 0 Å². The van der Waals surface area contributed by atoms with Crippen molar-refractivity contribution in [1.82, 2.24) is 0 Å². The van der Waals surface area contributed by atoms with Crippen LogP contribution in [0.1, 0.15) is 11.1 Å². The van der Waals surface area contributed by atoms with Crippen LogP contribution in [0.3, 0.4) is 0 Å². The molecular formula is C15H17NOS. The van der Waals surface area contributed by atoms with E-state index in [9.17, 15) is 0 Å². The normalized spacial score (nSPS) is 10.3. The van der Waals surface area contributed by atoms with Crippen molar-refractivity contribution in [3.63, 3.8) is 0 Å². The van der Waals surface area contributed by atoms with Crippen molar-refractivity contribution in [3.8, 4) is 5.75 Å². The highest BCUT2D eigenvalue weighted by Gasteiger charge is 2.05. The second kappa shape index (κ2) is 5.83. The first-order chi connectivity index (χ1) is 8.70. The Morgan fingerprint density at radius 2 is 1.83 bits per heavy atom. The fraction of sp³-hybridized carbons (Fsp3) is 0.200. The van der Waals surface area contributed by atoms with Gasteiger partial charge in [-0.15, -0.1) is 11.8 Å². The molecule has 2 nitrogen and oxygen atoms in total. The predicted octanol–water partition coefficient (Wildman–Crippen LogP) is 3.88.